The summed E-state index contributed by atoms with van der Waals surface area (Å²) in [6, 6.07) is 16.8. The second-order valence-electron chi connectivity index (χ2n) is 5.66. The van der Waals surface area contributed by atoms with E-state index < -0.39 is 6.04 Å². The third kappa shape index (κ3) is 3.75. The third-order valence-corrected chi connectivity index (χ3v) is 4.04. The van der Waals surface area contributed by atoms with Gasteiger partial charge in [0.15, 0.2) is 0 Å². The van der Waals surface area contributed by atoms with Crippen LogP contribution in [0.5, 0.6) is 0 Å². The second kappa shape index (κ2) is 7.66. The Kier molecular flexibility index (Phi) is 5.13. The number of carbonyl (C=O) groups excluding carboxylic acids is 1. The van der Waals surface area contributed by atoms with Crippen LogP contribution in [0.3, 0.4) is 0 Å². The zero-order valence-corrected chi connectivity index (χ0v) is 13.3. The lowest BCUT2D eigenvalue weighted by Crippen LogP contribution is -2.40. The van der Waals surface area contributed by atoms with Gasteiger partial charge in [0.1, 0.15) is 0 Å². The first-order valence-electron chi connectivity index (χ1n) is 8.03. The predicted octanol–water partition coefficient (Wildman–Crippen LogP) is 2.74. The molecule has 2 amide bonds. The number of hydrogen-bond acceptors (Lipinski definition) is 2. The summed E-state index contributed by atoms with van der Waals surface area (Å²) in [6.45, 7) is 0.389. The Labute approximate surface area is 140 Å². The van der Waals surface area contributed by atoms with Crippen LogP contribution in [0.25, 0.3) is 10.9 Å². The molecule has 24 heavy (non-hydrogen) atoms. The van der Waals surface area contributed by atoms with E-state index in [4.69, 9.17) is 0 Å². The summed E-state index contributed by atoms with van der Waals surface area (Å²) in [5.74, 6) is 0. The van der Waals surface area contributed by atoms with Crippen LogP contribution in [-0.2, 0) is 6.42 Å². The Morgan fingerprint density at radius 2 is 1.83 bits per heavy atom. The number of carbonyl (C=O) groups is 1. The van der Waals surface area contributed by atoms with Crippen molar-refractivity contribution in [2.24, 2.45) is 0 Å². The van der Waals surface area contributed by atoms with Gasteiger partial charge in [-0.1, -0.05) is 48.5 Å². The highest BCUT2D eigenvalue weighted by molar-refractivity contribution is 5.83. The van der Waals surface area contributed by atoms with E-state index in [0.717, 1.165) is 17.5 Å². The van der Waals surface area contributed by atoms with E-state index >= 15 is 0 Å². The summed E-state index contributed by atoms with van der Waals surface area (Å²) < 4.78 is 0. The number of para-hydroxylation sites is 1. The topological polar surface area (TPSA) is 77.2 Å². The van der Waals surface area contributed by atoms with Crippen molar-refractivity contribution in [3.63, 3.8) is 0 Å². The number of nitrogens with one attached hydrogen (secondary N) is 3. The van der Waals surface area contributed by atoms with E-state index in [0.29, 0.717) is 6.54 Å². The van der Waals surface area contributed by atoms with Crippen molar-refractivity contribution in [3.8, 4) is 0 Å². The first-order valence-corrected chi connectivity index (χ1v) is 8.03. The molecule has 0 aliphatic rings. The number of hydrogen-bond donors (Lipinski definition) is 4. The molecular formula is C19H21N3O2. The fourth-order valence-corrected chi connectivity index (χ4v) is 2.78. The molecule has 4 N–H and O–H groups in total. The largest absolute Gasteiger partial charge is 0.394 e. The number of H-pyrrole nitrogens is 1. The van der Waals surface area contributed by atoms with Crippen molar-refractivity contribution >= 4 is 16.9 Å². The number of benzene rings is 2. The van der Waals surface area contributed by atoms with Crippen LogP contribution in [0, 0.1) is 0 Å². The molecule has 5 nitrogen and oxygen atoms in total. The maximum Gasteiger partial charge on any atom is 0.315 e. The van der Waals surface area contributed by atoms with Crippen LogP contribution in [0.2, 0.25) is 0 Å². The number of rotatable bonds is 6. The quantitative estimate of drug-likeness (QED) is 0.563. The highest BCUT2D eigenvalue weighted by Gasteiger charge is 2.13. The van der Waals surface area contributed by atoms with Gasteiger partial charge in [-0.2, -0.15) is 0 Å². The smallest absolute Gasteiger partial charge is 0.315 e. The molecule has 0 fully saturated rings. The normalized spacial score (nSPS) is 12.0. The molecule has 0 aliphatic heterocycles. The molecule has 3 aromatic rings. The van der Waals surface area contributed by atoms with Gasteiger partial charge in [0.25, 0.3) is 0 Å². The van der Waals surface area contributed by atoms with E-state index in [9.17, 15) is 9.90 Å². The zero-order valence-electron chi connectivity index (χ0n) is 13.3. The number of aromatic amines is 1. The summed E-state index contributed by atoms with van der Waals surface area (Å²) in [5.41, 5.74) is 3.15. The lowest BCUT2D eigenvalue weighted by Gasteiger charge is -2.17. The fraction of sp³-hybridized carbons (Fsp3) is 0.211. The van der Waals surface area contributed by atoms with Gasteiger partial charge in [0.2, 0.25) is 0 Å². The molecule has 0 aliphatic carbocycles. The van der Waals surface area contributed by atoms with Gasteiger partial charge in [0, 0.05) is 23.6 Å². The SMILES string of the molecule is O=C(NCCc1c[nH]c2ccccc12)NC(CO)c1ccccc1. The molecule has 0 spiro atoms. The van der Waals surface area contributed by atoms with Crippen LogP contribution in [0.1, 0.15) is 17.2 Å². The van der Waals surface area contributed by atoms with Crippen LogP contribution in [0.4, 0.5) is 4.79 Å². The highest BCUT2D eigenvalue weighted by atomic mass is 16.3. The number of aliphatic hydroxyl groups is 1. The zero-order chi connectivity index (χ0) is 16.8. The van der Waals surface area contributed by atoms with E-state index in [1.807, 2.05) is 54.7 Å². The molecule has 124 valence electrons. The Balaban J connectivity index is 1.52. The Morgan fingerprint density at radius 1 is 1.08 bits per heavy atom. The maximum atomic E-state index is 12.0. The minimum absolute atomic E-state index is 0.139. The van der Waals surface area contributed by atoms with Crippen molar-refractivity contribution in [2.75, 3.05) is 13.2 Å². The average molecular weight is 323 g/mol. The van der Waals surface area contributed by atoms with Crippen LogP contribution in [0.15, 0.2) is 60.8 Å². The summed E-state index contributed by atoms with van der Waals surface area (Å²) in [6.07, 6.45) is 2.72. The molecule has 5 heteroatoms. The Bertz CT molecular complexity index is 798. The number of urea groups is 1. The molecule has 0 bridgehead atoms. The number of amides is 2. The van der Waals surface area contributed by atoms with Gasteiger partial charge in [-0.05, 0) is 23.6 Å². The molecule has 1 unspecified atom stereocenters. The van der Waals surface area contributed by atoms with Gasteiger partial charge in [-0.25, -0.2) is 4.79 Å². The minimum atomic E-state index is -0.403. The predicted molar refractivity (Wildman–Crippen MR) is 94.8 cm³/mol. The van der Waals surface area contributed by atoms with E-state index in [1.165, 1.54) is 10.9 Å². The minimum Gasteiger partial charge on any atom is -0.394 e. The molecule has 3 rings (SSSR count). The monoisotopic (exact) mass is 323 g/mol. The molecule has 0 saturated carbocycles. The number of aliphatic hydroxyl groups excluding tert-OH is 1. The van der Waals surface area contributed by atoms with Gasteiger partial charge in [-0.3, -0.25) is 0 Å². The summed E-state index contributed by atoms with van der Waals surface area (Å²) in [5, 5.41) is 16.3. The van der Waals surface area contributed by atoms with Gasteiger partial charge in [0.05, 0.1) is 12.6 Å². The van der Waals surface area contributed by atoms with Crippen molar-refractivity contribution < 1.29 is 9.90 Å². The lowest BCUT2D eigenvalue weighted by atomic mass is 10.1. The summed E-state index contributed by atoms with van der Waals surface area (Å²) in [4.78, 5) is 15.3. The summed E-state index contributed by atoms with van der Waals surface area (Å²) >= 11 is 0. The molecule has 1 aromatic heterocycles. The first kappa shape index (κ1) is 16.1. The van der Waals surface area contributed by atoms with Crippen LogP contribution in [-0.4, -0.2) is 29.3 Å². The first-order chi connectivity index (χ1) is 11.8. The second-order valence-corrected chi connectivity index (χ2v) is 5.66. The molecular weight excluding hydrogens is 302 g/mol. The standard InChI is InChI=1S/C19H21N3O2/c23-13-18(14-6-2-1-3-7-14)22-19(24)20-11-10-15-12-21-17-9-5-4-8-16(15)17/h1-9,12,18,21,23H,10-11,13H2,(H2,20,22,24). The van der Waals surface area contributed by atoms with Crippen LogP contribution < -0.4 is 10.6 Å². The number of fused-ring (bicyclic) bond motifs is 1. The van der Waals surface area contributed by atoms with Gasteiger partial charge in [-0.15, -0.1) is 0 Å². The van der Waals surface area contributed by atoms with E-state index in [-0.39, 0.29) is 12.6 Å². The maximum absolute atomic E-state index is 12.0. The van der Waals surface area contributed by atoms with Gasteiger partial charge < -0.3 is 20.7 Å². The molecule has 0 saturated heterocycles. The average Bonchev–Trinajstić information content (AvgIpc) is 3.04. The van der Waals surface area contributed by atoms with Gasteiger partial charge >= 0.3 is 6.03 Å². The summed E-state index contributed by atoms with van der Waals surface area (Å²) in [7, 11) is 0. The lowest BCUT2D eigenvalue weighted by molar-refractivity contribution is 0.217. The van der Waals surface area contributed by atoms with Crippen molar-refractivity contribution in [3.05, 3.63) is 71.9 Å². The van der Waals surface area contributed by atoms with Crippen LogP contribution >= 0.6 is 0 Å². The van der Waals surface area contributed by atoms with E-state index in [2.05, 4.69) is 21.7 Å². The molecule has 2 aromatic carbocycles. The molecule has 1 heterocycles. The van der Waals surface area contributed by atoms with Crippen molar-refractivity contribution in [2.45, 2.75) is 12.5 Å². The molecule has 1 atom stereocenters. The van der Waals surface area contributed by atoms with Crippen molar-refractivity contribution in [1.29, 1.82) is 0 Å². The Morgan fingerprint density at radius 3 is 2.62 bits per heavy atom. The Hall–Kier alpha value is -2.79. The number of aromatic nitrogens is 1. The van der Waals surface area contributed by atoms with E-state index in [1.54, 1.807) is 0 Å². The fourth-order valence-electron chi connectivity index (χ4n) is 2.78. The van der Waals surface area contributed by atoms with Crippen molar-refractivity contribution in [1.82, 2.24) is 15.6 Å². The third-order valence-electron chi connectivity index (χ3n) is 4.04. The highest BCUT2D eigenvalue weighted by Crippen LogP contribution is 2.17. The molecule has 0 radical (unpaired) electrons.